The van der Waals surface area contributed by atoms with E-state index in [2.05, 4.69) is 22.0 Å². The van der Waals surface area contributed by atoms with E-state index in [-0.39, 0.29) is 11.9 Å². The largest absolute Gasteiger partial charge is 0.508 e. The molecule has 0 aliphatic carbocycles. The molecular weight excluding hydrogens is 318 g/mol. The number of hydrogen-bond acceptors (Lipinski definition) is 3. The Morgan fingerprint density at radius 1 is 1.20 bits per heavy atom. The monoisotopic (exact) mass is 329 g/mol. The molecule has 1 N–H and O–H groups in total. The Bertz CT molecular complexity index is 679. The molecule has 0 unspecified atom stereocenters. The highest BCUT2D eigenvalue weighted by Gasteiger charge is 2.32. The van der Waals surface area contributed by atoms with Gasteiger partial charge in [0.1, 0.15) is 5.75 Å². The van der Waals surface area contributed by atoms with Crippen LogP contribution in [0.15, 0.2) is 46.9 Å². The molecule has 20 heavy (non-hydrogen) atoms. The van der Waals surface area contributed by atoms with Crippen LogP contribution in [0.2, 0.25) is 0 Å². The number of fused-ring (bicyclic) bond motifs is 1. The lowest BCUT2D eigenvalue weighted by Crippen LogP contribution is -2.20. The van der Waals surface area contributed by atoms with Crippen LogP contribution in [-0.2, 0) is 11.2 Å². The number of phenolic OH excluding ortho intramolecular Hbond substituents is 1. The number of ether oxygens (including phenoxy) is 1. The van der Waals surface area contributed by atoms with Crippen molar-refractivity contribution in [3.63, 3.8) is 0 Å². The first kappa shape index (κ1) is 13.2. The SMILES string of the molecule is N#C[C@@H]1O[C@@H](c2ccccc2)Cc2c(O)ccc(Br)c21. The Balaban J connectivity index is 2.07. The molecule has 0 spiro atoms. The molecule has 1 aliphatic rings. The lowest BCUT2D eigenvalue weighted by atomic mass is 9.91. The molecule has 2 aromatic carbocycles. The Morgan fingerprint density at radius 2 is 1.95 bits per heavy atom. The molecule has 0 fully saturated rings. The van der Waals surface area contributed by atoms with E-state index >= 15 is 0 Å². The highest BCUT2D eigenvalue weighted by Crippen LogP contribution is 2.43. The van der Waals surface area contributed by atoms with Gasteiger partial charge in [0.15, 0.2) is 6.10 Å². The van der Waals surface area contributed by atoms with Gasteiger partial charge in [0, 0.05) is 22.0 Å². The standard InChI is InChI=1S/C16H12BrNO2/c17-12-6-7-13(19)11-8-14(10-4-2-1-3-5-10)20-15(9-18)16(11)12/h1-7,14-15,19H,8H2/t14-,15+/m1/s1. The van der Waals surface area contributed by atoms with Crippen LogP contribution in [0.5, 0.6) is 5.75 Å². The number of hydrogen-bond donors (Lipinski definition) is 1. The molecule has 4 heteroatoms. The van der Waals surface area contributed by atoms with Gasteiger partial charge in [0.05, 0.1) is 12.2 Å². The molecule has 3 nitrogen and oxygen atoms in total. The van der Waals surface area contributed by atoms with E-state index < -0.39 is 6.10 Å². The normalized spacial score (nSPS) is 21.0. The van der Waals surface area contributed by atoms with E-state index in [1.165, 1.54) is 0 Å². The molecule has 3 rings (SSSR count). The summed E-state index contributed by atoms with van der Waals surface area (Å²) in [6.45, 7) is 0. The van der Waals surface area contributed by atoms with E-state index in [1.807, 2.05) is 30.3 Å². The van der Waals surface area contributed by atoms with Crippen LogP contribution in [0.25, 0.3) is 0 Å². The van der Waals surface area contributed by atoms with Crippen LogP contribution < -0.4 is 0 Å². The molecule has 0 saturated carbocycles. The Kier molecular flexibility index (Phi) is 3.47. The Hall–Kier alpha value is -1.83. The Morgan fingerprint density at radius 3 is 2.65 bits per heavy atom. The molecule has 1 aliphatic heterocycles. The maximum absolute atomic E-state index is 10.1. The van der Waals surface area contributed by atoms with Crippen molar-refractivity contribution in [3.05, 3.63) is 63.6 Å². The molecule has 0 saturated heterocycles. The second-order valence-corrected chi connectivity index (χ2v) is 5.56. The third kappa shape index (κ3) is 2.20. The average Bonchev–Trinajstić information content (AvgIpc) is 2.51. The van der Waals surface area contributed by atoms with E-state index in [0.717, 1.165) is 21.2 Å². The van der Waals surface area contributed by atoms with Gasteiger partial charge in [-0.15, -0.1) is 0 Å². The van der Waals surface area contributed by atoms with E-state index in [1.54, 1.807) is 12.1 Å². The number of phenols is 1. The van der Waals surface area contributed by atoms with Crippen LogP contribution in [0.1, 0.15) is 28.9 Å². The summed E-state index contributed by atoms with van der Waals surface area (Å²) < 4.78 is 6.68. The van der Waals surface area contributed by atoms with Crippen molar-refractivity contribution >= 4 is 15.9 Å². The number of aromatic hydroxyl groups is 1. The van der Waals surface area contributed by atoms with Gasteiger partial charge in [-0.1, -0.05) is 46.3 Å². The molecule has 0 aromatic heterocycles. The third-order valence-electron chi connectivity index (χ3n) is 3.52. The first-order valence-corrected chi connectivity index (χ1v) is 7.10. The fourth-order valence-corrected chi connectivity index (χ4v) is 3.13. The van der Waals surface area contributed by atoms with Crippen LogP contribution in [0.3, 0.4) is 0 Å². The van der Waals surface area contributed by atoms with Crippen molar-refractivity contribution < 1.29 is 9.84 Å². The van der Waals surface area contributed by atoms with Crippen molar-refractivity contribution in [1.29, 1.82) is 5.26 Å². The zero-order valence-corrected chi connectivity index (χ0v) is 12.2. The van der Waals surface area contributed by atoms with Crippen LogP contribution >= 0.6 is 15.9 Å². The van der Waals surface area contributed by atoms with Gasteiger partial charge in [-0.2, -0.15) is 5.26 Å². The van der Waals surface area contributed by atoms with E-state index in [4.69, 9.17) is 4.74 Å². The van der Waals surface area contributed by atoms with Gasteiger partial charge in [-0.25, -0.2) is 0 Å². The van der Waals surface area contributed by atoms with Gasteiger partial charge >= 0.3 is 0 Å². The smallest absolute Gasteiger partial charge is 0.171 e. The third-order valence-corrected chi connectivity index (χ3v) is 4.21. The lowest BCUT2D eigenvalue weighted by molar-refractivity contribution is 0.00151. The number of halogens is 1. The molecule has 2 atom stereocenters. The number of rotatable bonds is 1. The first-order valence-electron chi connectivity index (χ1n) is 6.31. The van der Waals surface area contributed by atoms with Crippen molar-refractivity contribution in [2.75, 3.05) is 0 Å². The summed E-state index contributed by atoms with van der Waals surface area (Å²) in [5.74, 6) is 0.215. The summed E-state index contributed by atoms with van der Waals surface area (Å²) in [6.07, 6.45) is -0.331. The fourth-order valence-electron chi connectivity index (χ4n) is 2.55. The summed E-state index contributed by atoms with van der Waals surface area (Å²) in [4.78, 5) is 0. The minimum absolute atomic E-state index is 0.214. The molecule has 0 amide bonds. The maximum atomic E-state index is 10.1. The number of benzene rings is 2. The van der Waals surface area contributed by atoms with Gasteiger partial charge < -0.3 is 9.84 Å². The molecule has 2 aromatic rings. The highest BCUT2D eigenvalue weighted by atomic mass is 79.9. The second-order valence-electron chi connectivity index (χ2n) is 4.71. The second kappa shape index (κ2) is 5.28. The van der Waals surface area contributed by atoms with Gasteiger partial charge in [-0.05, 0) is 17.7 Å². The maximum Gasteiger partial charge on any atom is 0.171 e. The van der Waals surface area contributed by atoms with Crippen LogP contribution in [0, 0.1) is 11.3 Å². The predicted octanol–water partition coefficient (Wildman–Crippen LogP) is 4.03. The minimum Gasteiger partial charge on any atom is -0.508 e. The fraction of sp³-hybridized carbons (Fsp3) is 0.188. The van der Waals surface area contributed by atoms with Crippen LogP contribution in [-0.4, -0.2) is 5.11 Å². The molecular formula is C16H12BrNO2. The molecule has 1 heterocycles. The quantitative estimate of drug-likeness (QED) is 0.859. The average molecular weight is 330 g/mol. The molecule has 0 bridgehead atoms. The van der Waals surface area contributed by atoms with Gasteiger partial charge in [0.25, 0.3) is 0 Å². The Labute approximate surface area is 125 Å². The summed E-state index contributed by atoms with van der Waals surface area (Å²) >= 11 is 3.43. The van der Waals surface area contributed by atoms with Crippen LogP contribution in [0.4, 0.5) is 0 Å². The minimum atomic E-state index is -0.676. The van der Waals surface area contributed by atoms with E-state index in [0.29, 0.717) is 6.42 Å². The van der Waals surface area contributed by atoms with Crippen molar-refractivity contribution in [2.24, 2.45) is 0 Å². The van der Waals surface area contributed by atoms with E-state index in [9.17, 15) is 10.4 Å². The first-order chi connectivity index (χ1) is 9.70. The predicted molar refractivity (Wildman–Crippen MR) is 78.1 cm³/mol. The van der Waals surface area contributed by atoms with Crippen molar-refractivity contribution in [3.8, 4) is 11.8 Å². The summed E-state index contributed by atoms with van der Waals surface area (Å²) in [7, 11) is 0. The number of nitrogens with zero attached hydrogens (tertiary/aromatic N) is 1. The highest BCUT2D eigenvalue weighted by molar-refractivity contribution is 9.10. The zero-order valence-electron chi connectivity index (χ0n) is 10.6. The van der Waals surface area contributed by atoms with Gasteiger partial charge in [0.2, 0.25) is 0 Å². The van der Waals surface area contributed by atoms with Crippen molar-refractivity contribution in [1.82, 2.24) is 0 Å². The van der Waals surface area contributed by atoms with Crippen molar-refractivity contribution in [2.45, 2.75) is 18.6 Å². The number of nitriles is 1. The summed E-state index contributed by atoms with van der Waals surface area (Å²) in [6, 6.07) is 15.3. The summed E-state index contributed by atoms with van der Waals surface area (Å²) in [5.41, 5.74) is 2.53. The summed E-state index contributed by atoms with van der Waals surface area (Å²) in [5, 5.41) is 19.4. The lowest BCUT2D eigenvalue weighted by Gasteiger charge is -2.30. The van der Waals surface area contributed by atoms with Gasteiger partial charge in [-0.3, -0.25) is 0 Å². The molecule has 100 valence electrons. The molecule has 0 radical (unpaired) electrons. The zero-order chi connectivity index (χ0) is 14.1. The topological polar surface area (TPSA) is 53.2 Å².